The maximum Gasteiger partial charge on any atom is 0.201 e. The van der Waals surface area contributed by atoms with Crippen LogP contribution in [0.4, 0.5) is 0 Å². The Bertz CT molecular complexity index is 695. The summed E-state index contributed by atoms with van der Waals surface area (Å²) in [7, 11) is 0. The average Bonchev–Trinajstić information content (AvgIpc) is 2.54. The summed E-state index contributed by atoms with van der Waals surface area (Å²) in [5, 5.41) is 0. The van der Waals surface area contributed by atoms with Crippen LogP contribution in [0.2, 0.25) is 0 Å². The van der Waals surface area contributed by atoms with Gasteiger partial charge in [0.1, 0.15) is 5.75 Å². The fourth-order valence-corrected chi connectivity index (χ4v) is 2.67. The number of rotatable bonds is 2. The third kappa shape index (κ3) is 3.32. The third-order valence-corrected chi connectivity index (χ3v) is 3.74. The van der Waals surface area contributed by atoms with E-state index in [0.29, 0.717) is 6.61 Å². The van der Waals surface area contributed by atoms with Gasteiger partial charge in [-0.15, -0.1) is 0 Å². The van der Waals surface area contributed by atoms with Gasteiger partial charge in [-0.1, -0.05) is 47.7 Å². The minimum atomic E-state index is -0.213. The van der Waals surface area contributed by atoms with E-state index >= 15 is 0 Å². The second-order valence-corrected chi connectivity index (χ2v) is 5.47. The summed E-state index contributed by atoms with van der Waals surface area (Å²) in [4.78, 5) is 0. The molecule has 0 saturated heterocycles. The Kier molecular flexibility index (Phi) is 4.46. The van der Waals surface area contributed by atoms with Crippen molar-refractivity contribution in [3.05, 3.63) is 65.2 Å². The van der Waals surface area contributed by atoms with Gasteiger partial charge in [0.25, 0.3) is 0 Å². The van der Waals surface area contributed by atoms with Crippen LogP contribution < -0.4 is 4.74 Å². The zero-order chi connectivity index (χ0) is 15.4. The maximum atomic E-state index is 5.92. The molecule has 0 amide bonds. The van der Waals surface area contributed by atoms with Gasteiger partial charge in [0.2, 0.25) is 6.29 Å². The summed E-state index contributed by atoms with van der Waals surface area (Å²) in [5.74, 6) is 7.71. The van der Waals surface area contributed by atoms with Crippen molar-refractivity contribution in [2.45, 2.75) is 32.5 Å². The SMILES string of the molecule is CCO[C@@H]1C[C@H](C#Cc2ccccc2)c2cc(C)ccc2O1. The highest BCUT2D eigenvalue weighted by Crippen LogP contribution is 2.36. The normalized spacial score (nSPS) is 19.5. The Balaban J connectivity index is 1.92. The van der Waals surface area contributed by atoms with Crippen LogP contribution in [0.15, 0.2) is 48.5 Å². The van der Waals surface area contributed by atoms with Crippen LogP contribution in [-0.2, 0) is 4.74 Å². The number of ether oxygens (including phenoxy) is 2. The maximum absolute atomic E-state index is 5.92. The third-order valence-electron chi connectivity index (χ3n) is 3.74. The molecule has 2 heteroatoms. The van der Waals surface area contributed by atoms with Crippen LogP contribution in [0, 0.1) is 18.8 Å². The summed E-state index contributed by atoms with van der Waals surface area (Å²) < 4.78 is 11.6. The Morgan fingerprint density at radius 1 is 1.18 bits per heavy atom. The van der Waals surface area contributed by atoms with Crippen molar-refractivity contribution in [2.24, 2.45) is 0 Å². The molecular weight excluding hydrogens is 272 g/mol. The van der Waals surface area contributed by atoms with Crippen molar-refractivity contribution in [1.29, 1.82) is 0 Å². The Hall–Kier alpha value is -2.24. The van der Waals surface area contributed by atoms with Gasteiger partial charge >= 0.3 is 0 Å². The number of aryl methyl sites for hydroxylation is 1. The predicted octanol–water partition coefficient (Wildman–Crippen LogP) is 4.28. The summed E-state index contributed by atoms with van der Waals surface area (Å²) >= 11 is 0. The topological polar surface area (TPSA) is 18.5 Å². The van der Waals surface area contributed by atoms with Crippen molar-refractivity contribution in [3.8, 4) is 17.6 Å². The molecule has 2 aromatic rings. The molecule has 0 saturated carbocycles. The minimum Gasteiger partial charge on any atom is -0.465 e. The fraction of sp³-hybridized carbons (Fsp3) is 0.300. The van der Waals surface area contributed by atoms with E-state index in [1.807, 2.05) is 43.3 Å². The van der Waals surface area contributed by atoms with E-state index in [9.17, 15) is 0 Å². The number of fused-ring (bicyclic) bond motifs is 1. The molecule has 0 aliphatic carbocycles. The van der Waals surface area contributed by atoms with Crippen LogP contribution in [0.25, 0.3) is 0 Å². The fourth-order valence-electron chi connectivity index (χ4n) is 2.67. The molecule has 1 aliphatic heterocycles. The molecular formula is C20H20O2. The molecule has 0 aromatic heterocycles. The molecule has 0 fully saturated rings. The second kappa shape index (κ2) is 6.68. The number of benzene rings is 2. The predicted molar refractivity (Wildman–Crippen MR) is 87.9 cm³/mol. The molecule has 1 heterocycles. The van der Waals surface area contributed by atoms with Crippen LogP contribution in [0.1, 0.15) is 36.0 Å². The smallest absolute Gasteiger partial charge is 0.201 e. The monoisotopic (exact) mass is 292 g/mol. The molecule has 0 unspecified atom stereocenters. The van der Waals surface area contributed by atoms with Gasteiger partial charge in [0.05, 0.1) is 5.92 Å². The molecule has 0 N–H and O–H groups in total. The van der Waals surface area contributed by atoms with Gasteiger partial charge in [0, 0.05) is 24.2 Å². The quantitative estimate of drug-likeness (QED) is 0.769. The average molecular weight is 292 g/mol. The molecule has 2 aromatic carbocycles. The van der Waals surface area contributed by atoms with Gasteiger partial charge < -0.3 is 9.47 Å². The summed E-state index contributed by atoms with van der Waals surface area (Å²) in [6, 6.07) is 16.3. The van der Waals surface area contributed by atoms with Gasteiger partial charge in [-0.05, 0) is 32.0 Å². The van der Waals surface area contributed by atoms with Crippen LogP contribution in [0.3, 0.4) is 0 Å². The lowest BCUT2D eigenvalue weighted by molar-refractivity contribution is -0.0884. The van der Waals surface area contributed by atoms with Gasteiger partial charge in [-0.3, -0.25) is 0 Å². The molecule has 0 bridgehead atoms. The van der Waals surface area contributed by atoms with Gasteiger partial charge in [-0.2, -0.15) is 0 Å². The summed E-state index contributed by atoms with van der Waals surface area (Å²) in [6.07, 6.45) is 0.555. The standard InChI is InChI=1S/C20H20O2/c1-3-21-20-14-17(11-10-16-7-5-4-6-8-16)18-13-15(2)9-12-19(18)22-20/h4-9,12-13,17,20H,3,14H2,1-2H3/t17-,20-/m0/s1. The minimum absolute atomic E-state index is 0.139. The zero-order valence-corrected chi connectivity index (χ0v) is 13.0. The number of hydrogen-bond acceptors (Lipinski definition) is 2. The molecule has 2 nitrogen and oxygen atoms in total. The lowest BCUT2D eigenvalue weighted by Gasteiger charge is -2.29. The van der Waals surface area contributed by atoms with E-state index in [1.54, 1.807) is 0 Å². The molecule has 0 radical (unpaired) electrons. The van der Waals surface area contributed by atoms with E-state index in [0.717, 1.165) is 17.7 Å². The van der Waals surface area contributed by atoms with Crippen LogP contribution >= 0.6 is 0 Å². The molecule has 0 spiro atoms. The van der Waals surface area contributed by atoms with E-state index in [4.69, 9.17) is 9.47 Å². The van der Waals surface area contributed by atoms with Gasteiger partial charge in [0.15, 0.2) is 0 Å². The van der Waals surface area contributed by atoms with Crippen LogP contribution in [0.5, 0.6) is 5.75 Å². The molecule has 112 valence electrons. The summed E-state index contributed by atoms with van der Waals surface area (Å²) in [5.41, 5.74) is 3.43. The first-order chi connectivity index (χ1) is 10.8. The first-order valence-electron chi connectivity index (χ1n) is 7.71. The molecule has 22 heavy (non-hydrogen) atoms. The van der Waals surface area contributed by atoms with E-state index in [2.05, 4.69) is 30.9 Å². The Morgan fingerprint density at radius 3 is 2.77 bits per heavy atom. The van der Waals surface area contributed by atoms with Crippen molar-refractivity contribution in [2.75, 3.05) is 6.61 Å². The Morgan fingerprint density at radius 2 is 2.00 bits per heavy atom. The second-order valence-electron chi connectivity index (χ2n) is 5.47. The highest BCUT2D eigenvalue weighted by Gasteiger charge is 2.27. The largest absolute Gasteiger partial charge is 0.465 e. The lowest BCUT2D eigenvalue weighted by Crippen LogP contribution is -2.28. The van der Waals surface area contributed by atoms with E-state index in [1.165, 1.54) is 11.1 Å². The number of hydrogen-bond donors (Lipinski definition) is 0. The van der Waals surface area contributed by atoms with Gasteiger partial charge in [-0.25, -0.2) is 0 Å². The molecule has 2 atom stereocenters. The first-order valence-corrected chi connectivity index (χ1v) is 7.71. The summed E-state index contributed by atoms with van der Waals surface area (Å²) in [6.45, 7) is 4.72. The van der Waals surface area contributed by atoms with Crippen molar-refractivity contribution < 1.29 is 9.47 Å². The Labute approximate surface area is 132 Å². The van der Waals surface area contributed by atoms with E-state index < -0.39 is 0 Å². The van der Waals surface area contributed by atoms with Crippen molar-refractivity contribution in [1.82, 2.24) is 0 Å². The highest BCUT2D eigenvalue weighted by atomic mass is 16.7. The lowest BCUT2D eigenvalue weighted by atomic mass is 9.91. The van der Waals surface area contributed by atoms with Crippen molar-refractivity contribution in [3.63, 3.8) is 0 Å². The zero-order valence-electron chi connectivity index (χ0n) is 13.0. The van der Waals surface area contributed by atoms with Crippen LogP contribution in [-0.4, -0.2) is 12.9 Å². The van der Waals surface area contributed by atoms with E-state index in [-0.39, 0.29) is 12.2 Å². The highest BCUT2D eigenvalue weighted by molar-refractivity contribution is 5.46. The van der Waals surface area contributed by atoms with Crippen molar-refractivity contribution >= 4 is 0 Å². The molecule has 1 aliphatic rings. The first kappa shape index (κ1) is 14.7. The molecule has 3 rings (SSSR count).